The summed E-state index contributed by atoms with van der Waals surface area (Å²) in [7, 11) is 3.54. The van der Waals surface area contributed by atoms with Gasteiger partial charge in [0.25, 0.3) is 0 Å². The fourth-order valence-electron chi connectivity index (χ4n) is 2.76. The zero-order valence-corrected chi connectivity index (χ0v) is 14.8. The van der Waals surface area contributed by atoms with Crippen LogP contribution in [0.3, 0.4) is 0 Å². The summed E-state index contributed by atoms with van der Waals surface area (Å²) in [6.07, 6.45) is 6.46. The molecular weight excluding hydrogens is 310 g/mol. The Labute approximate surface area is 138 Å². The van der Waals surface area contributed by atoms with E-state index >= 15 is 0 Å². The van der Waals surface area contributed by atoms with Gasteiger partial charge in [-0.15, -0.1) is 12.4 Å². The lowest BCUT2D eigenvalue weighted by Gasteiger charge is -2.31. The third-order valence-electron chi connectivity index (χ3n) is 3.99. The van der Waals surface area contributed by atoms with Crippen molar-refractivity contribution < 1.29 is 9.59 Å². The fraction of sp³-hybridized carbons (Fsp3) is 0.857. The molecule has 1 saturated carbocycles. The van der Waals surface area contributed by atoms with E-state index in [1.54, 1.807) is 30.8 Å². The number of nitrogens with two attached hydrogens (primary N) is 1. The molecule has 0 aromatic carbocycles. The third-order valence-corrected chi connectivity index (χ3v) is 4.64. The van der Waals surface area contributed by atoms with Crippen LogP contribution in [0.2, 0.25) is 0 Å². The molecule has 2 amide bonds. The van der Waals surface area contributed by atoms with Gasteiger partial charge >= 0.3 is 0 Å². The summed E-state index contributed by atoms with van der Waals surface area (Å²) in [5.41, 5.74) is 5.43. The van der Waals surface area contributed by atoms with Crippen LogP contribution >= 0.6 is 24.2 Å². The molecule has 0 radical (unpaired) electrons. The Hall–Kier alpha value is -0.460. The number of hydrogen-bond donors (Lipinski definition) is 2. The average molecular weight is 338 g/mol. The van der Waals surface area contributed by atoms with Crippen LogP contribution < -0.4 is 11.1 Å². The van der Waals surface area contributed by atoms with Gasteiger partial charge in [-0.1, -0.05) is 12.8 Å². The Morgan fingerprint density at radius 2 is 1.90 bits per heavy atom. The third kappa shape index (κ3) is 5.68. The van der Waals surface area contributed by atoms with Crippen LogP contribution in [0.4, 0.5) is 0 Å². The van der Waals surface area contributed by atoms with E-state index in [1.807, 2.05) is 6.26 Å². The van der Waals surface area contributed by atoms with Gasteiger partial charge in [-0.3, -0.25) is 9.59 Å². The molecule has 21 heavy (non-hydrogen) atoms. The van der Waals surface area contributed by atoms with E-state index in [9.17, 15) is 9.59 Å². The molecule has 0 aliphatic heterocycles. The summed E-state index contributed by atoms with van der Waals surface area (Å²) in [5.74, 6) is 0.848. The number of carbonyl (C=O) groups is 2. The molecule has 0 heterocycles. The topological polar surface area (TPSA) is 75.4 Å². The van der Waals surface area contributed by atoms with E-state index in [0.29, 0.717) is 13.0 Å². The van der Waals surface area contributed by atoms with Crippen molar-refractivity contribution in [1.29, 1.82) is 0 Å². The zero-order chi connectivity index (χ0) is 15.2. The van der Waals surface area contributed by atoms with E-state index in [4.69, 9.17) is 5.73 Å². The van der Waals surface area contributed by atoms with Gasteiger partial charge in [0.15, 0.2) is 0 Å². The van der Waals surface area contributed by atoms with Gasteiger partial charge in [0.05, 0.1) is 11.5 Å². The van der Waals surface area contributed by atoms with Crippen molar-refractivity contribution in [2.45, 2.75) is 38.1 Å². The van der Waals surface area contributed by atoms with Gasteiger partial charge in [0, 0.05) is 20.6 Å². The number of amides is 2. The molecule has 124 valence electrons. The Morgan fingerprint density at radius 1 is 1.33 bits per heavy atom. The summed E-state index contributed by atoms with van der Waals surface area (Å²) in [6, 6.07) is -0.477. The molecule has 1 aliphatic rings. The molecule has 0 bridgehead atoms. The maximum atomic E-state index is 12.4. The van der Waals surface area contributed by atoms with Gasteiger partial charge in [0.1, 0.15) is 0 Å². The maximum Gasteiger partial charge on any atom is 0.236 e. The first-order chi connectivity index (χ1) is 9.43. The van der Waals surface area contributed by atoms with Gasteiger partial charge in [-0.2, -0.15) is 11.8 Å². The highest BCUT2D eigenvalue weighted by Gasteiger charge is 2.42. The first-order valence-electron chi connectivity index (χ1n) is 7.17. The molecular formula is C14H28ClN3O2S. The van der Waals surface area contributed by atoms with E-state index in [-0.39, 0.29) is 24.2 Å². The van der Waals surface area contributed by atoms with Crippen molar-refractivity contribution >= 4 is 36.0 Å². The van der Waals surface area contributed by atoms with E-state index < -0.39 is 11.5 Å². The molecule has 5 nitrogen and oxygen atoms in total. The zero-order valence-electron chi connectivity index (χ0n) is 13.2. The predicted octanol–water partition coefficient (Wildman–Crippen LogP) is 1.25. The lowest BCUT2D eigenvalue weighted by molar-refractivity contribution is -0.139. The van der Waals surface area contributed by atoms with Crippen LogP contribution in [0.5, 0.6) is 0 Å². The highest BCUT2D eigenvalue weighted by atomic mass is 35.5. The second kappa shape index (κ2) is 9.54. The normalized spacial score (nSPS) is 17.7. The van der Waals surface area contributed by atoms with Crippen LogP contribution in [0.15, 0.2) is 0 Å². The second-order valence-electron chi connectivity index (χ2n) is 5.79. The number of nitrogens with zero attached hydrogens (tertiary/aromatic N) is 1. The number of thioether (sulfide) groups is 1. The lowest BCUT2D eigenvalue weighted by atomic mass is 9.84. The molecule has 0 unspecified atom stereocenters. The summed E-state index contributed by atoms with van der Waals surface area (Å²) in [6.45, 7) is 0.413. The largest absolute Gasteiger partial charge is 0.354 e. The van der Waals surface area contributed by atoms with Crippen molar-refractivity contribution in [3.8, 4) is 0 Å². The molecule has 1 aliphatic carbocycles. The number of nitrogens with one attached hydrogen (secondary N) is 1. The van der Waals surface area contributed by atoms with Crippen molar-refractivity contribution in [2.75, 3.05) is 32.6 Å². The van der Waals surface area contributed by atoms with E-state index in [0.717, 1.165) is 31.4 Å². The van der Waals surface area contributed by atoms with E-state index in [2.05, 4.69) is 5.32 Å². The molecule has 7 heteroatoms. The van der Waals surface area contributed by atoms with E-state index in [1.165, 1.54) is 0 Å². The Kier molecular flexibility index (Phi) is 9.33. The average Bonchev–Trinajstić information content (AvgIpc) is 2.91. The van der Waals surface area contributed by atoms with Crippen LogP contribution in [0.25, 0.3) is 0 Å². The first-order valence-corrected chi connectivity index (χ1v) is 8.56. The molecule has 0 saturated heterocycles. The molecule has 1 atom stereocenters. The summed E-state index contributed by atoms with van der Waals surface area (Å²) < 4.78 is 0. The van der Waals surface area contributed by atoms with Crippen molar-refractivity contribution in [3.05, 3.63) is 0 Å². The highest BCUT2D eigenvalue weighted by molar-refractivity contribution is 7.98. The number of hydrogen-bond acceptors (Lipinski definition) is 4. The summed E-state index contributed by atoms with van der Waals surface area (Å²) in [4.78, 5) is 26.0. The highest BCUT2D eigenvalue weighted by Crippen LogP contribution is 2.38. The Bertz CT molecular complexity index is 347. The molecule has 1 fully saturated rings. The quantitative estimate of drug-likeness (QED) is 0.733. The summed E-state index contributed by atoms with van der Waals surface area (Å²) >= 11 is 1.68. The number of halogens is 1. The van der Waals surface area contributed by atoms with Gasteiger partial charge in [0.2, 0.25) is 11.8 Å². The van der Waals surface area contributed by atoms with Crippen LogP contribution in [-0.4, -0.2) is 55.4 Å². The van der Waals surface area contributed by atoms with Crippen molar-refractivity contribution in [2.24, 2.45) is 11.1 Å². The number of rotatable bonds is 7. The lowest BCUT2D eigenvalue weighted by Crippen LogP contribution is -2.50. The second-order valence-corrected chi connectivity index (χ2v) is 6.78. The smallest absolute Gasteiger partial charge is 0.236 e. The Morgan fingerprint density at radius 3 is 2.38 bits per heavy atom. The van der Waals surface area contributed by atoms with Gasteiger partial charge in [-0.25, -0.2) is 0 Å². The van der Waals surface area contributed by atoms with Crippen LogP contribution in [-0.2, 0) is 9.59 Å². The van der Waals surface area contributed by atoms with Crippen LogP contribution in [0, 0.1) is 5.41 Å². The standard InChI is InChI=1S/C14H27N3O2S.ClH/c1-17(2)13(19)14(7-4-5-8-14)10-16-12(18)11(15)6-9-20-3;/h11H,4-10,15H2,1-3H3,(H,16,18);1H/t11-;/m0./s1. The van der Waals surface area contributed by atoms with Crippen molar-refractivity contribution in [1.82, 2.24) is 10.2 Å². The molecule has 0 aromatic rings. The van der Waals surface area contributed by atoms with Gasteiger partial charge < -0.3 is 16.0 Å². The monoisotopic (exact) mass is 337 g/mol. The first kappa shape index (κ1) is 20.5. The maximum absolute atomic E-state index is 12.4. The molecule has 0 aromatic heterocycles. The van der Waals surface area contributed by atoms with Crippen molar-refractivity contribution in [3.63, 3.8) is 0 Å². The fourth-order valence-corrected chi connectivity index (χ4v) is 3.25. The minimum Gasteiger partial charge on any atom is -0.354 e. The minimum absolute atomic E-state index is 0. The van der Waals surface area contributed by atoms with Gasteiger partial charge in [-0.05, 0) is 31.3 Å². The SMILES string of the molecule is CSCC[C@H](N)C(=O)NCC1(C(=O)N(C)C)CCCC1.Cl. The number of carbonyl (C=O) groups excluding carboxylic acids is 2. The Balaban J connectivity index is 0.00000400. The molecule has 3 N–H and O–H groups in total. The predicted molar refractivity (Wildman–Crippen MR) is 90.8 cm³/mol. The molecule has 1 rings (SSSR count). The minimum atomic E-state index is -0.477. The van der Waals surface area contributed by atoms with Crippen LogP contribution in [0.1, 0.15) is 32.1 Å². The summed E-state index contributed by atoms with van der Waals surface area (Å²) in [5, 5.41) is 2.89. The molecule has 0 spiro atoms.